The predicted octanol–water partition coefficient (Wildman–Crippen LogP) is 4.18. The van der Waals surface area contributed by atoms with E-state index in [2.05, 4.69) is 22.3 Å². The molecule has 5 nitrogen and oxygen atoms in total. The maximum Gasteiger partial charge on any atom is 0.212 e. The van der Waals surface area contributed by atoms with Crippen molar-refractivity contribution in [2.75, 3.05) is 5.75 Å². The van der Waals surface area contributed by atoms with E-state index in [9.17, 15) is 0 Å². The van der Waals surface area contributed by atoms with E-state index in [1.165, 1.54) is 0 Å². The van der Waals surface area contributed by atoms with E-state index >= 15 is 0 Å². The Kier molecular flexibility index (Phi) is 4.46. The van der Waals surface area contributed by atoms with E-state index in [-0.39, 0.29) is 6.61 Å². The second-order valence-electron chi connectivity index (χ2n) is 5.63. The first-order chi connectivity index (χ1) is 12.2. The lowest BCUT2D eigenvalue weighted by Crippen LogP contribution is -2.15. The van der Waals surface area contributed by atoms with Crippen molar-refractivity contribution in [1.29, 1.82) is 0 Å². The van der Waals surface area contributed by atoms with Gasteiger partial charge in [0.1, 0.15) is 12.4 Å². The summed E-state index contributed by atoms with van der Waals surface area (Å²) in [5.41, 5.74) is 3.18. The van der Waals surface area contributed by atoms with Gasteiger partial charge in [-0.2, -0.15) is 9.78 Å². The van der Waals surface area contributed by atoms with Crippen LogP contribution in [0.15, 0.2) is 58.8 Å². The number of halogens is 1. The minimum Gasteiger partial charge on any atom is -0.484 e. The predicted molar refractivity (Wildman–Crippen MR) is 99.6 cm³/mol. The number of fused-ring (bicyclic) bond motifs is 1. The molecule has 0 saturated heterocycles. The summed E-state index contributed by atoms with van der Waals surface area (Å²) in [4.78, 5) is 0. The summed E-state index contributed by atoms with van der Waals surface area (Å²) in [5, 5.41) is 14.5. The first-order valence-corrected chi connectivity index (χ1v) is 9.16. The zero-order chi connectivity index (χ0) is 17.2. The minimum atomic E-state index is 0.252. The molecule has 0 spiro atoms. The molecule has 0 fully saturated rings. The molecule has 7 heteroatoms. The van der Waals surface area contributed by atoms with Crippen LogP contribution in [-0.2, 0) is 6.61 Å². The largest absolute Gasteiger partial charge is 0.484 e. The van der Waals surface area contributed by atoms with Crippen molar-refractivity contribution in [3.8, 4) is 5.75 Å². The quantitative estimate of drug-likeness (QED) is 0.691. The van der Waals surface area contributed by atoms with E-state index in [0.29, 0.717) is 16.6 Å². The third-order valence-electron chi connectivity index (χ3n) is 3.79. The summed E-state index contributed by atoms with van der Waals surface area (Å²) in [6.07, 6.45) is 0. The van der Waals surface area contributed by atoms with Crippen LogP contribution in [0.4, 0.5) is 0 Å². The second-order valence-corrected chi connectivity index (χ2v) is 6.98. The smallest absolute Gasteiger partial charge is 0.212 e. The molecule has 0 N–H and O–H groups in total. The van der Waals surface area contributed by atoms with Gasteiger partial charge in [-0.1, -0.05) is 59.8 Å². The summed E-state index contributed by atoms with van der Waals surface area (Å²) in [7, 11) is 0. The summed E-state index contributed by atoms with van der Waals surface area (Å²) >= 11 is 7.80. The highest BCUT2D eigenvalue weighted by molar-refractivity contribution is 7.99. The van der Waals surface area contributed by atoms with Gasteiger partial charge in [-0.15, -0.1) is 10.2 Å². The Balaban J connectivity index is 1.59. The molecule has 0 bridgehead atoms. The lowest BCUT2D eigenvalue weighted by atomic mass is 10.1. The van der Waals surface area contributed by atoms with Crippen molar-refractivity contribution >= 4 is 29.1 Å². The SMILES string of the molecule is Cc1ccc(Cl)c(OCc2nnc3n2N=C(c2ccccc2)CS3)c1. The number of benzene rings is 2. The molecular weight excluding hydrogens is 356 g/mol. The minimum absolute atomic E-state index is 0.252. The highest BCUT2D eigenvalue weighted by atomic mass is 35.5. The Morgan fingerprint density at radius 2 is 2.00 bits per heavy atom. The van der Waals surface area contributed by atoms with Gasteiger partial charge in [-0.3, -0.25) is 0 Å². The van der Waals surface area contributed by atoms with Gasteiger partial charge in [0.15, 0.2) is 5.82 Å². The average molecular weight is 371 g/mol. The van der Waals surface area contributed by atoms with Gasteiger partial charge in [0.05, 0.1) is 10.7 Å². The Hall–Kier alpha value is -2.31. The van der Waals surface area contributed by atoms with Crippen molar-refractivity contribution in [2.24, 2.45) is 5.10 Å². The van der Waals surface area contributed by atoms with Crippen LogP contribution in [0.25, 0.3) is 0 Å². The summed E-state index contributed by atoms with van der Waals surface area (Å²) in [6, 6.07) is 15.8. The Morgan fingerprint density at radius 3 is 2.84 bits per heavy atom. The Labute approximate surface area is 154 Å². The van der Waals surface area contributed by atoms with Crippen LogP contribution >= 0.6 is 23.4 Å². The first kappa shape index (κ1) is 16.2. The first-order valence-electron chi connectivity index (χ1n) is 7.80. The molecule has 1 aliphatic rings. The number of hydrogen-bond donors (Lipinski definition) is 0. The van der Waals surface area contributed by atoms with Crippen LogP contribution in [0, 0.1) is 6.92 Å². The molecule has 0 unspecified atom stereocenters. The highest BCUT2D eigenvalue weighted by Gasteiger charge is 2.20. The molecule has 126 valence electrons. The van der Waals surface area contributed by atoms with Crippen molar-refractivity contribution in [3.05, 3.63) is 70.5 Å². The third kappa shape index (κ3) is 3.41. The molecule has 3 aromatic rings. The molecule has 4 rings (SSSR count). The average Bonchev–Trinajstić information content (AvgIpc) is 3.05. The maximum atomic E-state index is 6.18. The van der Waals surface area contributed by atoms with Gasteiger partial charge in [-0.25, -0.2) is 0 Å². The molecule has 0 saturated carbocycles. The number of thioether (sulfide) groups is 1. The number of aryl methyl sites for hydroxylation is 1. The maximum absolute atomic E-state index is 6.18. The molecular formula is C18H15ClN4OS. The van der Waals surface area contributed by atoms with Crippen LogP contribution in [0.3, 0.4) is 0 Å². The molecule has 0 amide bonds. The topological polar surface area (TPSA) is 52.3 Å². The second kappa shape index (κ2) is 6.90. The summed E-state index contributed by atoms with van der Waals surface area (Å²) < 4.78 is 7.59. The summed E-state index contributed by atoms with van der Waals surface area (Å²) in [5.74, 6) is 2.05. The molecule has 2 heterocycles. The monoisotopic (exact) mass is 370 g/mol. The van der Waals surface area contributed by atoms with Crippen LogP contribution < -0.4 is 4.74 Å². The van der Waals surface area contributed by atoms with E-state index in [0.717, 1.165) is 27.7 Å². The molecule has 2 aromatic carbocycles. The van der Waals surface area contributed by atoms with Crippen LogP contribution in [0.5, 0.6) is 5.75 Å². The number of aromatic nitrogens is 3. The van der Waals surface area contributed by atoms with Gasteiger partial charge in [0.2, 0.25) is 5.16 Å². The van der Waals surface area contributed by atoms with Crippen molar-refractivity contribution < 1.29 is 4.74 Å². The number of nitrogens with zero attached hydrogens (tertiary/aromatic N) is 4. The zero-order valence-corrected chi connectivity index (χ0v) is 15.1. The molecule has 0 aliphatic carbocycles. The molecule has 0 atom stereocenters. The molecule has 25 heavy (non-hydrogen) atoms. The molecule has 1 aliphatic heterocycles. The van der Waals surface area contributed by atoms with E-state index in [1.807, 2.05) is 43.3 Å². The van der Waals surface area contributed by atoms with Gasteiger partial charge >= 0.3 is 0 Å². The fourth-order valence-electron chi connectivity index (χ4n) is 2.49. The van der Waals surface area contributed by atoms with Crippen LogP contribution in [0.2, 0.25) is 5.02 Å². The number of hydrogen-bond acceptors (Lipinski definition) is 5. The Bertz CT molecular complexity index is 940. The van der Waals surface area contributed by atoms with Gasteiger partial charge in [0.25, 0.3) is 0 Å². The van der Waals surface area contributed by atoms with Crippen molar-refractivity contribution in [3.63, 3.8) is 0 Å². The van der Waals surface area contributed by atoms with Crippen molar-refractivity contribution in [1.82, 2.24) is 14.9 Å². The highest BCUT2D eigenvalue weighted by Crippen LogP contribution is 2.27. The number of ether oxygens (including phenoxy) is 1. The van der Waals surface area contributed by atoms with Crippen molar-refractivity contribution in [2.45, 2.75) is 18.7 Å². The lowest BCUT2D eigenvalue weighted by molar-refractivity contribution is 0.290. The normalized spacial score (nSPS) is 13.3. The van der Waals surface area contributed by atoms with E-state index in [4.69, 9.17) is 21.4 Å². The zero-order valence-electron chi connectivity index (χ0n) is 13.5. The van der Waals surface area contributed by atoms with E-state index in [1.54, 1.807) is 16.4 Å². The third-order valence-corrected chi connectivity index (χ3v) is 5.03. The van der Waals surface area contributed by atoms with Gasteiger partial charge in [0, 0.05) is 5.75 Å². The Morgan fingerprint density at radius 1 is 1.16 bits per heavy atom. The fourth-order valence-corrected chi connectivity index (χ4v) is 3.52. The fraction of sp³-hybridized carbons (Fsp3) is 0.167. The molecule has 1 aromatic heterocycles. The summed E-state index contributed by atoms with van der Waals surface area (Å²) in [6.45, 7) is 2.25. The standard InChI is InChI=1S/C18H15ClN4OS/c1-12-7-8-14(19)16(9-12)24-10-17-20-21-18-23(17)22-15(11-25-18)13-5-3-2-4-6-13/h2-9H,10-11H2,1H3. The van der Waals surface area contributed by atoms with Gasteiger partial charge in [-0.05, 0) is 30.2 Å². The van der Waals surface area contributed by atoms with E-state index < -0.39 is 0 Å². The van der Waals surface area contributed by atoms with Crippen LogP contribution in [-0.4, -0.2) is 26.3 Å². The van der Waals surface area contributed by atoms with Crippen LogP contribution in [0.1, 0.15) is 17.0 Å². The van der Waals surface area contributed by atoms with Gasteiger partial charge < -0.3 is 4.74 Å². The lowest BCUT2D eigenvalue weighted by Gasteiger charge is -2.14. The number of rotatable bonds is 4. The molecule has 0 radical (unpaired) electrons.